The molecule has 4 nitrogen and oxygen atoms in total. The molecule has 0 saturated carbocycles. The van der Waals surface area contributed by atoms with Crippen LogP contribution in [0, 0.1) is 5.82 Å². The quantitative estimate of drug-likeness (QED) is 0.861. The minimum Gasteiger partial charge on any atom is -0.463 e. The SMILES string of the molecule is O=C(c1coc2cc(F)ccc12)N(Cl)[C@H]1CCNC1. The van der Waals surface area contributed by atoms with Crippen LogP contribution in [0.3, 0.4) is 0 Å². The predicted molar refractivity (Wildman–Crippen MR) is 69.5 cm³/mol. The Morgan fingerprint density at radius 3 is 3.11 bits per heavy atom. The lowest BCUT2D eigenvalue weighted by molar-refractivity contribution is 0.0832. The minimum absolute atomic E-state index is 0.0282. The number of carbonyl (C=O) groups excluding carboxylic acids is 1. The summed E-state index contributed by atoms with van der Waals surface area (Å²) in [5.41, 5.74) is 0.704. The normalized spacial score (nSPS) is 18.9. The molecule has 1 fully saturated rings. The molecule has 1 aromatic heterocycles. The predicted octanol–water partition coefficient (Wildman–Crippen LogP) is 2.53. The van der Waals surface area contributed by atoms with Gasteiger partial charge in [-0.15, -0.1) is 0 Å². The first kappa shape index (κ1) is 12.4. The zero-order valence-electron chi connectivity index (χ0n) is 10.0. The second-order valence-electron chi connectivity index (χ2n) is 4.55. The lowest BCUT2D eigenvalue weighted by Gasteiger charge is -2.19. The number of hydrogen-bond acceptors (Lipinski definition) is 3. The standard InChI is InChI=1S/C13H12ClFN2O2/c14-17(9-3-4-16-6-9)13(18)11-7-19-12-5-8(15)1-2-10(11)12/h1-2,5,7,9,16H,3-4,6H2/t9-/m0/s1. The average Bonchev–Trinajstić information content (AvgIpc) is 3.05. The number of nitrogens with zero attached hydrogens (tertiary/aromatic N) is 1. The second kappa shape index (κ2) is 4.83. The molecule has 0 radical (unpaired) electrons. The van der Waals surface area contributed by atoms with Gasteiger partial charge >= 0.3 is 0 Å². The zero-order chi connectivity index (χ0) is 13.4. The molecule has 0 bridgehead atoms. The summed E-state index contributed by atoms with van der Waals surface area (Å²) in [7, 11) is 0. The Kier molecular flexibility index (Phi) is 3.16. The third-order valence-electron chi connectivity index (χ3n) is 3.32. The summed E-state index contributed by atoms with van der Waals surface area (Å²) in [5, 5.41) is 3.72. The van der Waals surface area contributed by atoms with E-state index in [1.54, 1.807) is 0 Å². The molecule has 19 heavy (non-hydrogen) atoms. The van der Waals surface area contributed by atoms with Gasteiger partial charge in [0, 0.05) is 29.8 Å². The Morgan fingerprint density at radius 2 is 2.37 bits per heavy atom. The van der Waals surface area contributed by atoms with Crippen molar-refractivity contribution in [3.05, 3.63) is 35.8 Å². The van der Waals surface area contributed by atoms with Gasteiger partial charge in [0.25, 0.3) is 5.91 Å². The Morgan fingerprint density at radius 1 is 1.53 bits per heavy atom. The maximum atomic E-state index is 13.1. The minimum atomic E-state index is -0.399. The number of halogens is 2. The van der Waals surface area contributed by atoms with Crippen molar-refractivity contribution in [2.75, 3.05) is 13.1 Å². The van der Waals surface area contributed by atoms with Crippen molar-refractivity contribution in [1.29, 1.82) is 0 Å². The lowest BCUT2D eigenvalue weighted by Crippen LogP contribution is -2.34. The van der Waals surface area contributed by atoms with Crippen molar-refractivity contribution in [1.82, 2.24) is 9.74 Å². The van der Waals surface area contributed by atoms with Crippen molar-refractivity contribution in [2.45, 2.75) is 12.5 Å². The summed E-state index contributed by atoms with van der Waals surface area (Å²) in [4.78, 5) is 12.3. The molecule has 0 spiro atoms. The lowest BCUT2D eigenvalue weighted by atomic mass is 10.1. The Labute approximate surface area is 114 Å². The zero-order valence-corrected chi connectivity index (χ0v) is 10.8. The molecule has 1 N–H and O–H groups in total. The smallest absolute Gasteiger partial charge is 0.272 e. The fraction of sp³-hybridized carbons (Fsp3) is 0.308. The van der Waals surface area contributed by atoms with Gasteiger partial charge in [-0.2, -0.15) is 0 Å². The van der Waals surface area contributed by atoms with E-state index in [1.165, 1.54) is 28.9 Å². The van der Waals surface area contributed by atoms with Crippen LogP contribution in [-0.4, -0.2) is 29.5 Å². The van der Waals surface area contributed by atoms with E-state index in [9.17, 15) is 9.18 Å². The second-order valence-corrected chi connectivity index (χ2v) is 4.92. The van der Waals surface area contributed by atoms with E-state index in [0.717, 1.165) is 13.0 Å². The molecule has 3 rings (SSSR count). The van der Waals surface area contributed by atoms with Crippen LogP contribution in [0.25, 0.3) is 11.0 Å². The Hall–Kier alpha value is -1.59. The van der Waals surface area contributed by atoms with E-state index < -0.39 is 5.82 Å². The van der Waals surface area contributed by atoms with Gasteiger partial charge in [-0.05, 0) is 25.1 Å². The first-order valence-corrected chi connectivity index (χ1v) is 6.37. The van der Waals surface area contributed by atoms with Crippen molar-refractivity contribution in [2.24, 2.45) is 0 Å². The van der Waals surface area contributed by atoms with Crippen LogP contribution >= 0.6 is 11.8 Å². The fourth-order valence-corrected chi connectivity index (χ4v) is 2.54. The number of benzene rings is 1. The number of carbonyl (C=O) groups is 1. The number of rotatable bonds is 2. The topological polar surface area (TPSA) is 45.5 Å². The monoisotopic (exact) mass is 282 g/mol. The number of furan rings is 1. The number of fused-ring (bicyclic) bond motifs is 1. The van der Waals surface area contributed by atoms with Crippen LogP contribution in [0.5, 0.6) is 0 Å². The summed E-state index contributed by atoms with van der Waals surface area (Å²) >= 11 is 6.09. The van der Waals surface area contributed by atoms with Gasteiger partial charge in [0.1, 0.15) is 17.7 Å². The molecule has 1 aliphatic rings. The van der Waals surface area contributed by atoms with Gasteiger partial charge in [0.15, 0.2) is 0 Å². The van der Waals surface area contributed by atoms with E-state index in [4.69, 9.17) is 16.2 Å². The number of hydrogen-bond donors (Lipinski definition) is 1. The highest BCUT2D eigenvalue weighted by Gasteiger charge is 2.28. The number of nitrogens with one attached hydrogen (secondary N) is 1. The van der Waals surface area contributed by atoms with Crippen LogP contribution in [-0.2, 0) is 0 Å². The maximum absolute atomic E-state index is 13.1. The highest BCUT2D eigenvalue weighted by Crippen LogP contribution is 2.25. The molecule has 2 aromatic rings. The molecule has 0 aliphatic carbocycles. The molecule has 0 unspecified atom stereocenters. The van der Waals surface area contributed by atoms with Crippen LogP contribution < -0.4 is 5.32 Å². The fourth-order valence-electron chi connectivity index (χ4n) is 2.28. The van der Waals surface area contributed by atoms with Crippen LogP contribution in [0.4, 0.5) is 4.39 Å². The van der Waals surface area contributed by atoms with E-state index >= 15 is 0 Å². The molecule has 1 amide bonds. The van der Waals surface area contributed by atoms with Gasteiger partial charge in [-0.25, -0.2) is 8.81 Å². The number of amides is 1. The first-order chi connectivity index (χ1) is 9.16. The molecule has 1 aromatic carbocycles. The van der Waals surface area contributed by atoms with Crippen LogP contribution in [0.2, 0.25) is 0 Å². The van der Waals surface area contributed by atoms with Gasteiger partial charge in [0.05, 0.1) is 11.6 Å². The molecular formula is C13H12ClFN2O2. The van der Waals surface area contributed by atoms with Crippen LogP contribution in [0.15, 0.2) is 28.9 Å². The van der Waals surface area contributed by atoms with Crippen LogP contribution in [0.1, 0.15) is 16.8 Å². The summed E-state index contributed by atoms with van der Waals surface area (Å²) in [6, 6.07) is 4.05. The maximum Gasteiger partial charge on any atom is 0.272 e. The molecule has 1 atom stereocenters. The van der Waals surface area contributed by atoms with Gasteiger partial charge in [0.2, 0.25) is 0 Å². The molecule has 1 aliphatic heterocycles. The highest BCUT2D eigenvalue weighted by atomic mass is 35.5. The Bertz CT molecular complexity index is 622. The van der Waals surface area contributed by atoms with Gasteiger partial charge in [-0.3, -0.25) is 4.79 Å². The third kappa shape index (κ3) is 2.19. The van der Waals surface area contributed by atoms with E-state index in [-0.39, 0.29) is 11.9 Å². The molecule has 100 valence electrons. The van der Waals surface area contributed by atoms with E-state index in [1.807, 2.05) is 0 Å². The highest BCUT2D eigenvalue weighted by molar-refractivity contribution is 6.26. The van der Waals surface area contributed by atoms with Gasteiger partial charge < -0.3 is 9.73 Å². The molecular weight excluding hydrogens is 271 g/mol. The van der Waals surface area contributed by atoms with Crippen molar-refractivity contribution >= 4 is 28.7 Å². The molecule has 2 heterocycles. The molecule has 1 saturated heterocycles. The first-order valence-electron chi connectivity index (χ1n) is 6.03. The summed E-state index contributed by atoms with van der Waals surface area (Å²) in [6.07, 6.45) is 2.14. The summed E-state index contributed by atoms with van der Waals surface area (Å²) in [6.45, 7) is 1.53. The van der Waals surface area contributed by atoms with E-state index in [0.29, 0.717) is 23.1 Å². The average molecular weight is 283 g/mol. The Balaban J connectivity index is 1.92. The summed E-state index contributed by atoms with van der Waals surface area (Å²) in [5.74, 6) is -0.718. The summed E-state index contributed by atoms with van der Waals surface area (Å²) < 4.78 is 19.5. The van der Waals surface area contributed by atoms with Crippen molar-refractivity contribution in [3.63, 3.8) is 0 Å². The van der Waals surface area contributed by atoms with Crippen molar-refractivity contribution in [3.8, 4) is 0 Å². The van der Waals surface area contributed by atoms with Gasteiger partial charge in [-0.1, -0.05) is 0 Å². The molecule has 6 heteroatoms. The largest absolute Gasteiger partial charge is 0.463 e. The van der Waals surface area contributed by atoms with E-state index in [2.05, 4.69) is 5.32 Å². The van der Waals surface area contributed by atoms with Crippen molar-refractivity contribution < 1.29 is 13.6 Å². The third-order valence-corrected chi connectivity index (χ3v) is 3.75.